The van der Waals surface area contributed by atoms with Gasteiger partial charge in [0.2, 0.25) is 10.0 Å². The Morgan fingerprint density at radius 2 is 1.64 bits per heavy atom. The van der Waals surface area contributed by atoms with Crippen molar-refractivity contribution >= 4 is 43.1 Å². The van der Waals surface area contributed by atoms with Gasteiger partial charge in [0.05, 0.1) is 22.2 Å². The maximum absolute atomic E-state index is 14.3. The van der Waals surface area contributed by atoms with Crippen LogP contribution in [0.15, 0.2) is 76.5 Å². The predicted octanol–water partition coefficient (Wildman–Crippen LogP) is 7.48. The molecule has 0 aromatic heterocycles. The fourth-order valence-corrected chi connectivity index (χ4v) is 8.91. The van der Waals surface area contributed by atoms with Gasteiger partial charge in [-0.25, -0.2) is 8.42 Å². The molecule has 0 saturated heterocycles. The van der Waals surface area contributed by atoms with Crippen LogP contribution in [0.25, 0.3) is 11.1 Å². The molecule has 0 amide bonds. The average Bonchev–Trinajstić information content (AvgIpc) is 3.04. The van der Waals surface area contributed by atoms with Crippen LogP contribution >= 0.6 is 11.6 Å². The first-order valence-electron chi connectivity index (χ1n) is 14.4. The Balaban J connectivity index is 1.63. The van der Waals surface area contributed by atoms with Crippen molar-refractivity contribution in [3.05, 3.63) is 71.8 Å². The molecule has 3 aromatic rings. The molecule has 1 aliphatic carbocycles. The minimum atomic E-state index is -4.03. The van der Waals surface area contributed by atoms with E-state index < -0.39 is 20.1 Å². The van der Waals surface area contributed by atoms with Crippen LogP contribution in [0.1, 0.15) is 52.9 Å². The quantitative estimate of drug-likeness (QED) is 0.263. The number of fused-ring (bicyclic) bond motifs is 1. The molecular formula is C32H39ClN2O5S2. The summed E-state index contributed by atoms with van der Waals surface area (Å²) in [6.07, 6.45) is 5.36. The van der Waals surface area contributed by atoms with E-state index in [-0.39, 0.29) is 33.8 Å². The minimum absolute atomic E-state index is 0.0153. The molecule has 1 aliphatic heterocycles. The number of sulfonamides is 1. The molecule has 0 unspecified atom stereocenters. The Kier molecular flexibility index (Phi) is 8.80. The fraction of sp³-hybridized carbons (Fsp3) is 0.438. The lowest BCUT2D eigenvalue weighted by molar-refractivity contribution is 0.203. The number of likely N-dealkylation sites (N-methyl/N-ethyl adjacent to an activating group) is 1. The van der Waals surface area contributed by atoms with E-state index in [0.29, 0.717) is 28.4 Å². The van der Waals surface area contributed by atoms with E-state index in [1.54, 1.807) is 35.6 Å². The van der Waals surface area contributed by atoms with Gasteiger partial charge >= 0.3 is 0 Å². The largest absolute Gasteiger partial charge is 0.339 e. The highest BCUT2D eigenvalue weighted by Gasteiger charge is 2.41. The SMILES string of the molecule is CN1[C@H](C2CCCCC2)CN(c2ccccc2)c2cc(Cl)c(-c3cccc(S(=O)(=O)OCC(C)(C)C)c3)cc2S1(=O)=O. The number of hydrogen-bond donors (Lipinski definition) is 0. The average molecular weight is 631 g/mol. The van der Waals surface area contributed by atoms with Gasteiger partial charge in [-0.1, -0.05) is 82.0 Å². The summed E-state index contributed by atoms with van der Waals surface area (Å²) >= 11 is 6.89. The fourth-order valence-electron chi connectivity index (χ4n) is 5.87. The van der Waals surface area contributed by atoms with Gasteiger partial charge < -0.3 is 4.90 Å². The number of para-hydroxylation sites is 1. The first kappa shape index (κ1) is 31.0. The second kappa shape index (κ2) is 11.9. The third kappa shape index (κ3) is 6.40. The molecule has 5 rings (SSSR count). The van der Waals surface area contributed by atoms with E-state index in [2.05, 4.69) is 4.90 Å². The lowest BCUT2D eigenvalue weighted by atomic mass is 9.83. The van der Waals surface area contributed by atoms with E-state index in [1.165, 1.54) is 18.6 Å². The van der Waals surface area contributed by atoms with Crippen LogP contribution in [0.4, 0.5) is 11.4 Å². The van der Waals surface area contributed by atoms with Gasteiger partial charge in [0, 0.05) is 30.9 Å². The second-order valence-electron chi connectivity index (χ2n) is 12.5. The monoisotopic (exact) mass is 630 g/mol. The Labute approximate surface area is 255 Å². The maximum Gasteiger partial charge on any atom is 0.297 e. The third-order valence-corrected chi connectivity index (χ3v) is 11.7. The van der Waals surface area contributed by atoms with Gasteiger partial charge in [-0.3, -0.25) is 4.18 Å². The Morgan fingerprint density at radius 1 is 0.952 bits per heavy atom. The van der Waals surface area contributed by atoms with Gasteiger partial charge in [-0.2, -0.15) is 12.7 Å². The number of benzene rings is 3. The molecule has 7 nitrogen and oxygen atoms in total. The van der Waals surface area contributed by atoms with Gasteiger partial charge in [0.1, 0.15) is 4.90 Å². The number of halogens is 1. The Morgan fingerprint density at radius 3 is 2.31 bits per heavy atom. The molecule has 0 spiro atoms. The standard InChI is InChI=1S/C32H39ClN2O5S2/c1-32(2,3)22-40-42(38,39)26-17-11-14-24(18-26)27-19-31-29(20-28(27)33)35(25-15-9-6-10-16-25)21-30(34(4)41(31,36)37)23-12-7-5-8-13-23/h6,9-11,14-20,23,30H,5,7-8,12-13,21-22H2,1-4H3/t30-/m0/s1. The number of rotatable bonds is 6. The molecule has 1 fully saturated rings. The van der Waals surface area contributed by atoms with E-state index in [0.717, 1.165) is 31.4 Å². The van der Waals surface area contributed by atoms with Gasteiger partial charge in [0.25, 0.3) is 10.1 Å². The molecule has 0 bridgehead atoms. The number of hydrogen-bond acceptors (Lipinski definition) is 6. The minimum Gasteiger partial charge on any atom is -0.339 e. The zero-order chi connectivity index (χ0) is 30.3. The smallest absolute Gasteiger partial charge is 0.297 e. The molecule has 1 atom stereocenters. The molecule has 0 N–H and O–H groups in total. The molecule has 42 heavy (non-hydrogen) atoms. The summed E-state index contributed by atoms with van der Waals surface area (Å²) in [7, 11) is -6.27. The molecular weight excluding hydrogens is 592 g/mol. The number of anilines is 2. The van der Waals surface area contributed by atoms with Gasteiger partial charge in [0.15, 0.2) is 0 Å². The van der Waals surface area contributed by atoms with Crippen LogP contribution < -0.4 is 4.90 Å². The molecule has 0 radical (unpaired) electrons. The van der Waals surface area contributed by atoms with Gasteiger partial charge in [-0.15, -0.1) is 0 Å². The molecule has 1 saturated carbocycles. The van der Waals surface area contributed by atoms with Crippen molar-refractivity contribution in [1.82, 2.24) is 4.31 Å². The highest BCUT2D eigenvalue weighted by atomic mass is 35.5. The first-order chi connectivity index (χ1) is 19.8. The number of nitrogens with zero attached hydrogens (tertiary/aromatic N) is 2. The summed E-state index contributed by atoms with van der Waals surface area (Å²) in [4.78, 5) is 2.19. The van der Waals surface area contributed by atoms with Crippen LogP contribution in [0, 0.1) is 11.3 Å². The lowest BCUT2D eigenvalue weighted by Crippen LogP contribution is -2.46. The van der Waals surface area contributed by atoms with Crippen molar-refractivity contribution in [3.63, 3.8) is 0 Å². The summed E-state index contributed by atoms with van der Waals surface area (Å²) in [5.41, 5.74) is 1.98. The zero-order valence-corrected chi connectivity index (χ0v) is 27.0. The zero-order valence-electron chi connectivity index (χ0n) is 24.6. The van der Waals surface area contributed by atoms with Crippen molar-refractivity contribution in [3.8, 4) is 11.1 Å². The van der Waals surface area contributed by atoms with E-state index in [4.69, 9.17) is 15.8 Å². The van der Waals surface area contributed by atoms with Crippen molar-refractivity contribution in [2.45, 2.75) is 68.7 Å². The van der Waals surface area contributed by atoms with E-state index in [9.17, 15) is 16.8 Å². The first-order valence-corrected chi connectivity index (χ1v) is 17.6. The van der Waals surface area contributed by atoms with Crippen LogP contribution in [0.5, 0.6) is 0 Å². The second-order valence-corrected chi connectivity index (χ2v) is 16.5. The molecule has 226 valence electrons. The lowest BCUT2D eigenvalue weighted by Gasteiger charge is -2.36. The van der Waals surface area contributed by atoms with Crippen LogP contribution in [0.3, 0.4) is 0 Å². The van der Waals surface area contributed by atoms with Crippen molar-refractivity contribution in [1.29, 1.82) is 0 Å². The summed E-state index contributed by atoms with van der Waals surface area (Å²) in [5.74, 6) is 0.254. The Bertz CT molecular complexity index is 1650. The van der Waals surface area contributed by atoms with E-state index in [1.807, 2.05) is 51.1 Å². The molecule has 3 aromatic carbocycles. The van der Waals surface area contributed by atoms with Crippen molar-refractivity contribution in [2.75, 3.05) is 25.1 Å². The summed E-state index contributed by atoms with van der Waals surface area (Å²) in [5, 5.41) is 0.328. The normalized spacial score (nSPS) is 20.2. The third-order valence-electron chi connectivity index (χ3n) is 8.18. The topological polar surface area (TPSA) is 84.0 Å². The van der Waals surface area contributed by atoms with Gasteiger partial charge in [-0.05, 0) is 66.1 Å². The predicted molar refractivity (Wildman–Crippen MR) is 168 cm³/mol. The molecule has 2 aliphatic rings. The van der Waals surface area contributed by atoms with Crippen molar-refractivity contribution < 1.29 is 21.0 Å². The van der Waals surface area contributed by atoms with Crippen LogP contribution in [-0.4, -0.2) is 47.4 Å². The maximum atomic E-state index is 14.3. The Hall–Kier alpha value is -2.43. The molecule has 1 heterocycles. The van der Waals surface area contributed by atoms with Crippen molar-refractivity contribution in [2.24, 2.45) is 11.3 Å². The van der Waals surface area contributed by atoms with Crippen LogP contribution in [0.2, 0.25) is 5.02 Å². The van der Waals surface area contributed by atoms with Crippen LogP contribution in [-0.2, 0) is 24.3 Å². The highest BCUT2D eigenvalue weighted by Crippen LogP contribution is 2.44. The molecule has 10 heteroatoms. The van der Waals surface area contributed by atoms with E-state index >= 15 is 0 Å². The summed E-state index contributed by atoms with van der Waals surface area (Å²) < 4.78 is 61.4. The highest BCUT2D eigenvalue weighted by molar-refractivity contribution is 7.89. The summed E-state index contributed by atoms with van der Waals surface area (Å²) in [6, 6.07) is 19.1. The summed E-state index contributed by atoms with van der Waals surface area (Å²) in [6.45, 7) is 6.21.